The first-order valence-electron chi connectivity index (χ1n) is 3.55. The van der Waals surface area contributed by atoms with E-state index in [-0.39, 0.29) is 0 Å². The molecule has 0 amide bonds. The normalized spacial score (nSPS) is 50.6. The Labute approximate surface area is 50.5 Å². The van der Waals surface area contributed by atoms with E-state index in [9.17, 15) is 0 Å². The van der Waals surface area contributed by atoms with Crippen LogP contribution in [-0.4, -0.2) is 12.1 Å². The van der Waals surface area contributed by atoms with Crippen molar-refractivity contribution in [2.24, 2.45) is 11.8 Å². The fourth-order valence-electron chi connectivity index (χ4n) is 1.74. The minimum Gasteiger partial charge on any atom is -0.310 e. The van der Waals surface area contributed by atoms with Gasteiger partial charge < -0.3 is 5.32 Å². The molecule has 3 atom stereocenters. The van der Waals surface area contributed by atoms with Crippen LogP contribution in [0.25, 0.3) is 0 Å². The van der Waals surface area contributed by atoms with Crippen LogP contribution in [0.5, 0.6) is 0 Å². The molecule has 46 valence electrons. The van der Waals surface area contributed by atoms with Gasteiger partial charge in [0.15, 0.2) is 0 Å². The molecule has 1 heterocycles. The summed E-state index contributed by atoms with van der Waals surface area (Å²) in [5.74, 6) is 1.94. The van der Waals surface area contributed by atoms with E-state index in [1.165, 1.54) is 6.42 Å². The monoisotopic (exact) mass is 111 g/mol. The lowest BCUT2D eigenvalue weighted by molar-refractivity contribution is 0.275. The number of rotatable bonds is 1. The molecule has 0 aromatic carbocycles. The second kappa shape index (κ2) is 1.27. The molecule has 1 heteroatoms. The predicted molar refractivity (Wildman–Crippen MR) is 33.7 cm³/mol. The summed E-state index contributed by atoms with van der Waals surface area (Å²) in [5.41, 5.74) is 0. The van der Waals surface area contributed by atoms with Crippen molar-refractivity contribution in [2.45, 2.75) is 32.4 Å². The van der Waals surface area contributed by atoms with Crippen LogP contribution in [0.3, 0.4) is 0 Å². The Morgan fingerprint density at radius 3 is 2.38 bits per heavy atom. The zero-order valence-corrected chi connectivity index (χ0v) is 5.52. The van der Waals surface area contributed by atoms with E-state index >= 15 is 0 Å². The molecule has 1 nitrogen and oxygen atoms in total. The van der Waals surface area contributed by atoms with Gasteiger partial charge >= 0.3 is 0 Å². The third kappa shape index (κ3) is 0.455. The molecule has 1 aliphatic heterocycles. The first-order valence-corrected chi connectivity index (χ1v) is 3.55. The molecular formula is C7H13N. The van der Waals surface area contributed by atoms with Crippen molar-refractivity contribution >= 4 is 0 Å². The minimum atomic E-state index is 0.860. The molecule has 1 aliphatic carbocycles. The molecule has 0 spiro atoms. The summed E-state index contributed by atoms with van der Waals surface area (Å²) in [4.78, 5) is 0. The van der Waals surface area contributed by atoms with Gasteiger partial charge in [0.1, 0.15) is 0 Å². The van der Waals surface area contributed by atoms with Crippen LogP contribution in [0, 0.1) is 11.8 Å². The molecule has 2 rings (SSSR count). The summed E-state index contributed by atoms with van der Waals surface area (Å²) < 4.78 is 0. The van der Waals surface area contributed by atoms with E-state index < -0.39 is 0 Å². The van der Waals surface area contributed by atoms with Crippen LogP contribution < -0.4 is 5.32 Å². The SMILES string of the molecule is CC(C)C1NC2CC21. The van der Waals surface area contributed by atoms with Gasteiger partial charge in [-0.3, -0.25) is 0 Å². The van der Waals surface area contributed by atoms with Crippen LogP contribution in [0.1, 0.15) is 20.3 Å². The summed E-state index contributed by atoms with van der Waals surface area (Å²) in [6.45, 7) is 4.60. The maximum atomic E-state index is 3.52. The number of nitrogens with one attached hydrogen (secondary N) is 1. The molecule has 8 heavy (non-hydrogen) atoms. The Kier molecular flexibility index (Phi) is 0.762. The molecule has 0 aromatic rings. The summed E-state index contributed by atoms with van der Waals surface area (Å²) >= 11 is 0. The van der Waals surface area contributed by atoms with E-state index in [0.29, 0.717) is 0 Å². The number of hydrogen-bond acceptors (Lipinski definition) is 1. The lowest BCUT2D eigenvalue weighted by Crippen LogP contribution is -2.48. The van der Waals surface area contributed by atoms with E-state index in [1.54, 1.807) is 0 Å². The van der Waals surface area contributed by atoms with Crippen molar-refractivity contribution in [1.29, 1.82) is 0 Å². The van der Waals surface area contributed by atoms with Gasteiger partial charge in [-0.05, 0) is 18.3 Å². The molecule has 2 fully saturated rings. The topological polar surface area (TPSA) is 12.0 Å². The van der Waals surface area contributed by atoms with Gasteiger partial charge in [0.25, 0.3) is 0 Å². The molecular weight excluding hydrogens is 98.1 g/mol. The van der Waals surface area contributed by atoms with Crippen molar-refractivity contribution in [1.82, 2.24) is 5.32 Å². The number of fused-ring (bicyclic) bond motifs is 1. The lowest BCUT2D eigenvalue weighted by Gasteiger charge is -2.30. The van der Waals surface area contributed by atoms with Crippen molar-refractivity contribution in [3.8, 4) is 0 Å². The summed E-state index contributed by atoms with van der Waals surface area (Å²) in [6, 6.07) is 1.82. The third-order valence-electron chi connectivity index (χ3n) is 2.43. The average Bonchev–Trinajstić information content (AvgIpc) is 2.13. The standard InChI is InChI=1S/C7H13N/c1-4(2)7-5-3-6(5)8-7/h4-8H,3H2,1-2H3. The Hall–Kier alpha value is -0.0400. The number of hydrogen-bond donors (Lipinski definition) is 1. The summed E-state index contributed by atoms with van der Waals surface area (Å²) in [7, 11) is 0. The lowest BCUT2D eigenvalue weighted by atomic mass is 9.95. The van der Waals surface area contributed by atoms with Gasteiger partial charge in [0, 0.05) is 12.1 Å². The Morgan fingerprint density at radius 2 is 2.25 bits per heavy atom. The van der Waals surface area contributed by atoms with Crippen LogP contribution in [0.15, 0.2) is 0 Å². The summed E-state index contributed by atoms with van der Waals surface area (Å²) in [6.07, 6.45) is 1.46. The van der Waals surface area contributed by atoms with Gasteiger partial charge in [0.05, 0.1) is 0 Å². The fourth-order valence-corrected chi connectivity index (χ4v) is 1.74. The first-order chi connectivity index (χ1) is 3.79. The van der Waals surface area contributed by atoms with Crippen LogP contribution >= 0.6 is 0 Å². The Morgan fingerprint density at radius 1 is 1.50 bits per heavy atom. The van der Waals surface area contributed by atoms with Gasteiger partial charge in [-0.2, -0.15) is 0 Å². The highest BCUT2D eigenvalue weighted by Crippen LogP contribution is 2.45. The highest BCUT2D eigenvalue weighted by Gasteiger charge is 2.53. The largest absolute Gasteiger partial charge is 0.310 e. The molecule has 1 saturated carbocycles. The Balaban J connectivity index is 1.92. The fraction of sp³-hybridized carbons (Fsp3) is 1.00. The molecule has 0 aromatic heterocycles. The smallest absolute Gasteiger partial charge is 0.0136 e. The highest BCUT2D eigenvalue weighted by atomic mass is 15.1. The van der Waals surface area contributed by atoms with Crippen molar-refractivity contribution in [2.75, 3.05) is 0 Å². The molecule has 1 saturated heterocycles. The molecule has 0 radical (unpaired) electrons. The van der Waals surface area contributed by atoms with Crippen LogP contribution in [-0.2, 0) is 0 Å². The second-order valence-electron chi connectivity index (χ2n) is 3.44. The molecule has 2 aliphatic rings. The third-order valence-corrected chi connectivity index (χ3v) is 2.43. The zero-order valence-electron chi connectivity index (χ0n) is 5.52. The maximum absolute atomic E-state index is 3.52. The quantitative estimate of drug-likeness (QED) is 0.532. The van der Waals surface area contributed by atoms with E-state index in [1.807, 2.05) is 0 Å². The van der Waals surface area contributed by atoms with Gasteiger partial charge in [0.2, 0.25) is 0 Å². The summed E-state index contributed by atoms with van der Waals surface area (Å²) in [5, 5.41) is 3.52. The van der Waals surface area contributed by atoms with Gasteiger partial charge in [-0.15, -0.1) is 0 Å². The van der Waals surface area contributed by atoms with Crippen LogP contribution in [0.4, 0.5) is 0 Å². The van der Waals surface area contributed by atoms with E-state index in [2.05, 4.69) is 19.2 Å². The van der Waals surface area contributed by atoms with Crippen LogP contribution in [0.2, 0.25) is 0 Å². The zero-order chi connectivity index (χ0) is 5.72. The molecule has 3 unspecified atom stereocenters. The minimum absolute atomic E-state index is 0.860. The maximum Gasteiger partial charge on any atom is 0.0136 e. The van der Waals surface area contributed by atoms with E-state index in [4.69, 9.17) is 0 Å². The highest BCUT2D eigenvalue weighted by molar-refractivity contribution is 5.11. The van der Waals surface area contributed by atoms with E-state index in [0.717, 1.165) is 23.9 Å². The predicted octanol–water partition coefficient (Wildman–Crippen LogP) is 1.00. The second-order valence-corrected chi connectivity index (χ2v) is 3.44. The van der Waals surface area contributed by atoms with Gasteiger partial charge in [-0.1, -0.05) is 13.8 Å². The van der Waals surface area contributed by atoms with Crippen molar-refractivity contribution in [3.63, 3.8) is 0 Å². The van der Waals surface area contributed by atoms with Gasteiger partial charge in [-0.25, -0.2) is 0 Å². The Bertz CT molecular complexity index is 107. The van der Waals surface area contributed by atoms with Crippen molar-refractivity contribution in [3.05, 3.63) is 0 Å². The average molecular weight is 111 g/mol. The first kappa shape index (κ1) is 4.80. The van der Waals surface area contributed by atoms with Crippen molar-refractivity contribution < 1.29 is 0 Å². The molecule has 0 bridgehead atoms. The molecule has 1 N–H and O–H groups in total.